The van der Waals surface area contributed by atoms with Gasteiger partial charge in [0.15, 0.2) is 0 Å². The Morgan fingerprint density at radius 2 is 1.82 bits per heavy atom. The topological polar surface area (TPSA) is 53.1 Å². The summed E-state index contributed by atoms with van der Waals surface area (Å²) in [5.41, 5.74) is 10.0. The molecule has 0 spiro atoms. The minimum Gasteiger partial charge on any atom is -0.494 e. The Balaban J connectivity index is 2.00. The predicted octanol–water partition coefficient (Wildman–Crippen LogP) is 3.91. The van der Waals surface area contributed by atoms with Crippen molar-refractivity contribution in [3.63, 3.8) is 0 Å². The molecule has 0 saturated carbocycles. The molecule has 2 rings (SSSR count). The zero-order valence-corrected chi connectivity index (χ0v) is 13.9. The fraction of sp³-hybridized carbons (Fsp3) is 0.500. The maximum atomic E-state index is 5.78. The van der Waals surface area contributed by atoms with E-state index in [1.54, 1.807) is 0 Å². The Morgan fingerprint density at radius 3 is 2.41 bits per heavy atom. The van der Waals surface area contributed by atoms with Crippen LogP contribution < -0.4 is 10.5 Å². The average Bonchev–Trinajstić information content (AvgIpc) is 2.82. The molecule has 1 aromatic heterocycles. The Bertz CT molecular complexity index is 587. The van der Waals surface area contributed by atoms with Crippen molar-refractivity contribution in [2.75, 3.05) is 6.61 Å². The number of nitrogens with zero attached hydrogens (tertiary/aromatic N) is 2. The number of hydrogen-bond donors (Lipinski definition) is 1. The summed E-state index contributed by atoms with van der Waals surface area (Å²) in [4.78, 5) is 0. The van der Waals surface area contributed by atoms with E-state index in [1.807, 2.05) is 35.9 Å². The summed E-state index contributed by atoms with van der Waals surface area (Å²) < 4.78 is 7.72. The first-order valence-electron chi connectivity index (χ1n) is 8.15. The fourth-order valence-electron chi connectivity index (χ4n) is 2.62. The van der Waals surface area contributed by atoms with Crippen LogP contribution in [0, 0.1) is 13.8 Å². The molecule has 1 heterocycles. The van der Waals surface area contributed by atoms with E-state index >= 15 is 0 Å². The number of benzene rings is 1. The van der Waals surface area contributed by atoms with Gasteiger partial charge in [0.25, 0.3) is 0 Å². The van der Waals surface area contributed by atoms with Gasteiger partial charge in [-0.2, -0.15) is 5.10 Å². The first-order chi connectivity index (χ1) is 10.7. The van der Waals surface area contributed by atoms with Gasteiger partial charge in [0.05, 0.1) is 18.0 Å². The third kappa shape index (κ3) is 3.89. The normalized spacial score (nSPS) is 10.9. The van der Waals surface area contributed by atoms with E-state index in [1.165, 1.54) is 19.3 Å². The third-order valence-corrected chi connectivity index (χ3v) is 3.99. The Kier molecular flexibility index (Phi) is 6.01. The van der Waals surface area contributed by atoms with Crippen molar-refractivity contribution < 1.29 is 4.74 Å². The zero-order valence-electron chi connectivity index (χ0n) is 13.9. The number of aryl methyl sites for hydroxylation is 1. The lowest BCUT2D eigenvalue weighted by Crippen LogP contribution is -2.02. The lowest BCUT2D eigenvalue weighted by molar-refractivity contribution is 0.305. The number of ether oxygens (including phenoxy) is 1. The smallest absolute Gasteiger partial charge is 0.119 e. The molecule has 0 saturated heterocycles. The molecule has 0 aliphatic carbocycles. The number of unbranched alkanes of at least 4 members (excludes halogenated alkanes) is 3. The summed E-state index contributed by atoms with van der Waals surface area (Å²) in [5, 5.41) is 4.57. The van der Waals surface area contributed by atoms with Gasteiger partial charge in [0.1, 0.15) is 5.75 Å². The third-order valence-electron chi connectivity index (χ3n) is 3.99. The Morgan fingerprint density at radius 1 is 1.09 bits per heavy atom. The highest BCUT2D eigenvalue weighted by Crippen LogP contribution is 2.20. The summed E-state index contributed by atoms with van der Waals surface area (Å²) in [5.74, 6) is 0.917. The first-order valence-corrected chi connectivity index (χ1v) is 8.15. The highest BCUT2D eigenvalue weighted by molar-refractivity contribution is 5.40. The molecular formula is C18H27N3O. The molecule has 0 atom stereocenters. The van der Waals surface area contributed by atoms with E-state index in [0.29, 0.717) is 6.54 Å². The van der Waals surface area contributed by atoms with Gasteiger partial charge in [-0.05, 0) is 44.5 Å². The minimum atomic E-state index is 0.524. The second-order valence-electron chi connectivity index (χ2n) is 5.67. The molecule has 2 N–H and O–H groups in total. The van der Waals surface area contributed by atoms with Gasteiger partial charge in [-0.15, -0.1) is 0 Å². The van der Waals surface area contributed by atoms with Gasteiger partial charge in [-0.3, -0.25) is 0 Å². The predicted molar refractivity (Wildman–Crippen MR) is 90.6 cm³/mol. The molecule has 0 aliphatic rings. The summed E-state index contributed by atoms with van der Waals surface area (Å²) in [6, 6.07) is 8.10. The minimum absolute atomic E-state index is 0.524. The lowest BCUT2D eigenvalue weighted by Gasteiger charge is -2.08. The SMILES string of the molecule is CCCCCCOc1ccc(-n2nc(C)c(CN)c2C)cc1. The van der Waals surface area contributed by atoms with Gasteiger partial charge in [0, 0.05) is 17.8 Å². The van der Waals surface area contributed by atoms with Crippen LogP contribution in [0.2, 0.25) is 0 Å². The molecule has 22 heavy (non-hydrogen) atoms. The standard InChI is InChI=1S/C18H27N3O/c1-4-5-6-7-12-22-17-10-8-16(9-11-17)21-15(3)18(13-19)14(2)20-21/h8-11H,4-7,12-13,19H2,1-3H3. The van der Waals surface area contributed by atoms with E-state index in [0.717, 1.165) is 41.4 Å². The number of aromatic nitrogens is 2. The molecule has 120 valence electrons. The Hall–Kier alpha value is -1.81. The molecule has 0 unspecified atom stereocenters. The summed E-state index contributed by atoms with van der Waals surface area (Å²) in [6.07, 6.45) is 4.89. The molecule has 0 amide bonds. The van der Waals surface area contributed by atoms with Crippen LogP contribution in [0.1, 0.15) is 49.6 Å². The fourth-order valence-corrected chi connectivity index (χ4v) is 2.62. The van der Waals surface area contributed by atoms with Crippen LogP contribution in [0.5, 0.6) is 5.75 Å². The van der Waals surface area contributed by atoms with Gasteiger partial charge in [-0.25, -0.2) is 4.68 Å². The van der Waals surface area contributed by atoms with E-state index in [2.05, 4.69) is 18.9 Å². The lowest BCUT2D eigenvalue weighted by atomic mass is 10.2. The zero-order chi connectivity index (χ0) is 15.9. The maximum absolute atomic E-state index is 5.78. The van der Waals surface area contributed by atoms with Crippen LogP contribution in [0.25, 0.3) is 5.69 Å². The van der Waals surface area contributed by atoms with E-state index in [9.17, 15) is 0 Å². The number of rotatable bonds is 8. The largest absolute Gasteiger partial charge is 0.494 e. The van der Waals surface area contributed by atoms with Crippen LogP contribution in [0.3, 0.4) is 0 Å². The molecular weight excluding hydrogens is 274 g/mol. The van der Waals surface area contributed by atoms with Crippen LogP contribution in [-0.4, -0.2) is 16.4 Å². The number of hydrogen-bond acceptors (Lipinski definition) is 3. The Labute approximate surface area is 133 Å². The highest BCUT2D eigenvalue weighted by atomic mass is 16.5. The van der Waals surface area contributed by atoms with Crippen LogP contribution >= 0.6 is 0 Å². The van der Waals surface area contributed by atoms with Crippen LogP contribution in [0.15, 0.2) is 24.3 Å². The molecule has 2 aromatic rings. The quantitative estimate of drug-likeness (QED) is 0.752. The summed E-state index contributed by atoms with van der Waals surface area (Å²) in [6.45, 7) is 7.58. The average molecular weight is 301 g/mol. The van der Waals surface area contributed by atoms with Gasteiger partial charge >= 0.3 is 0 Å². The van der Waals surface area contributed by atoms with Crippen molar-refractivity contribution in [2.45, 2.75) is 53.0 Å². The van der Waals surface area contributed by atoms with Crippen molar-refractivity contribution in [1.82, 2.24) is 9.78 Å². The van der Waals surface area contributed by atoms with E-state index in [-0.39, 0.29) is 0 Å². The van der Waals surface area contributed by atoms with Gasteiger partial charge in [0.2, 0.25) is 0 Å². The second-order valence-corrected chi connectivity index (χ2v) is 5.67. The first kappa shape index (κ1) is 16.6. The highest BCUT2D eigenvalue weighted by Gasteiger charge is 2.11. The van der Waals surface area contributed by atoms with Crippen LogP contribution in [0.4, 0.5) is 0 Å². The van der Waals surface area contributed by atoms with Gasteiger partial charge < -0.3 is 10.5 Å². The van der Waals surface area contributed by atoms with E-state index in [4.69, 9.17) is 10.5 Å². The summed E-state index contributed by atoms with van der Waals surface area (Å²) in [7, 11) is 0. The molecule has 0 bridgehead atoms. The molecule has 0 aliphatic heterocycles. The van der Waals surface area contributed by atoms with E-state index < -0.39 is 0 Å². The van der Waals surface area contributed by atoms with Crippen LogP contribution in [-0.2, 0) is 6.54 Å². The van der Waals surface area contributed by atoms with Crippen molar-refractivity contribution in [3.8, 4) is 11.4 Å². The number of nitrogens with two attached hydrogens (primary N) is 1. The second kappa shape index (κ2) is 7.99. The molecule has 0 radical (unpaired) electrons. The molecule has 1 aromatic carbocycles. The maximum Gasteiger partial charge on any atom is 0.119 e. The molecule has 0 fully saturated rings. The monoisotopic (exact) mass is 301 g/mol. The van der Waals surface area contributed by atoms with Crippen molar-refractivity contribution in [3.05, 3.63) is 41.2 Å². The van der Waals surface area contributed by atoms with Crippen molar-refractivity contribution in [1.29, 1.82) is 0 Å². The molecule has 4 nitrogen and oxygen atoms in total. The van der Waals surface area contributed by atoms with Gasteiger partial charge in [-0.1, -0.05) is 26.2 Å². The summed E-state index contributed by atoms with van der Waals surface area (Å²) >= 11 is 0. The molecule has 4 heteroatoms. The van der Waals surface area contributed by atoms with Crippen molar-refractivity contribution in [2.24, 2.45) is 5.73 Å². The van der Waals surface area contributed by atoms with Crippen molar-refractivity contribution >= 4 is 0 Å².